The first kappa shape index (κ1) is 16.4. The lowest BCUT2D eigenvalue weighted by molar-refractivity contribution is 0.0918. The fourth-order valence-corrected chi connectivity index (χ4v) is 3.48. The predicted octanol–water partition coefficient (Wildman–Crippen LogP) is 2.41. The van der Waals surface area contributed by atoms with Crippen molar-refractivity contribution in [2.75, 3.05) is 0 Å². The Morgan fingerprint density at radius 1 is 1.21 bits per heavy atom. The molecule has 24 heavy (non-hydrogen) atoms. The molecule has 2 heterocycles. The summed E-state index contributed by atoms with van der Waals surface area (Å²) in [5, 5.41) is 0.583. The largest absolute Gasteiger partial charge is 0.451 e. The normalized spacial score (nSPS) is 11.6. The zero-order valence-electron chi connectivity index (χ0n) is 12.4. The molecule has 0 atom stereocenters. The summed E-state index contributed by atoms with van der Waals surface area (Å²) in [4.78, 5) is 17.6. The van der Waals surface area contributed by atoms with Gasteiger partial charge in [0.05, 0.1) is 0 Å². The summed E-state index contributed by atoms with van der Waals surface area (Å²) in [6, 6.07) is 9.82. The second kappa shape index (κ2) is 6.23. The first-order chi connectivity index (χ1) is 11.4. The smallest absolute Gasteiger partial charge is 0.302 e. The number of nitrogens with zero attached hydrogens (tertiary/aromatic N) is 1. The van der Waals surface area contributed by atoms with Gasteiger partial charge in [-0.3, -0.25) is 10.2 Å². The van der Waals surface area contributed by atoms with Gasteiger partial charge in [0.25, 0.3) is 10.0 Å². The van der Waals surface area contributed by atoms with E-state index >= 15 is 0 Å². The van der Waals surface area contributed by atoms with E-state index in [9.17, 15) is 13.2 Å². The monoisotopic (exact) mass is 365 g/mol. The van der Waals surface area contributed by atoms with Crippen molar-refractivity contribution in [1.29, 1.82) is 0 Å². The third kappa shape index (κ3) is 2.99. The molecule has 0 aliphatic rings. The Bertz CT molecular complexity index is 1030. The zero-order valence-corrected chi connectivity index (χ0v) is 14.0. The van der Waals surface area contributed by atoms with E-state index in [1.54, 1.807) is 19.1 Å². The summed E-state index contributed by atoms with van der Waals surface area (Å²) >= 11 is 5.76. The lowest BCUT2D eigenvalue weighted by Gasteiger charge is -2.08. The molecule has 7 nitrogen and oxygen atoms in total. The number of para-hydroxylation sites is 1. The molecule has 1 amide bonds. The number of benzene rings is 1. The van der Waals surface area contributed by atoms with Gasteiger partial charge in [0.2, 0.25) is 0 Å². The van der Waals surface area contributed by atoms with Gasteiger partial charge in [-0.05, 0) is 25.1 Å². The highest BCUT2D eigenvalue weighted by Gasteiger charge is 2.22. The summed E-state index contributed by atoms with van der Waals surface area (Å²) in [7, 11) is -4.05. The van der Waals surface area contributed by atoms with Crippen LogP contribution < -0.4 is 10.3 Å². The standard InChI is InChI=1S/C15H12ClN3O4S/c1-9-10-5-2-3-6-11(10)23-13(9)15(20)18-19-24(21,22)12-7-4-8-17-14(12)16/h2-8,19H,1H3,(H,18,20). The molecule has 9 heteroatoms. The first-order valence-corrected chi connectivity index (χ1v) is 8.67. The number of fused-ring (bicyclic) bond motifs is 1. The number of nitrogens with one attached hydrogen (secondary N) is 2. The number of rotatable bonds is 4. The van der Waals surface area contributed by atoms with E-state index in [0.717, 1.165) is 5.39 Å². The minimum absolute atomic E-state index is 0.0242. The number of aryl methyl sites for hydroxylation is 1. The van der Waals surface area contributed by atoms with Crippen LogP contribution in [0.4, 0.5) is 0 Å². The molecule has 124 valence electrons. The van der Waals surface area contributed by atoms with E-state index in [0.29, 0.717) is 11.1 Å². The summed E-state index contributed by atoms with van der Waals surface area (Å²) < 4.78 is 29.8. The summed E-state index contributed by atoms with van der Waals surface area (Å²) in [6.07, 6.45) is 1.36. The fraction of sp³-hybridized carbons (Fsp3) is 0.0667. The minimum Gasteiger partial charge on any atom is -0.451 e. The molecule has 3 rings (SSSR count). The Morgan fingerprint density at radius 2 is 1.96 bits per heavy atom. The van der Waals surface area contributed by atoms with Gasteiger partial charge in [-0.15, -0.1) is 4.83 Å². The van der Waals surface area contributed by atoms with Crippen molar-refractivity contribution in [2.45, 2.75) is 11.8 Å². The van der Waals surface area contributed by atoms with Crippen molar-refractivity contribution < 1.29 is 17.6 Å². The number of pyridine rings is 1. The van der Waals surface area contributed by atoms with Crippen molar-refractivity contribution in [3.05, 3.63) is 59.1 Å². The molecular weight excluding hydrogens is 354 g/mol. The van der Waals surface area contributed by atoms with Crippen molar-refractivity contribution in [1.82, 2.24) is 15.2 Å². The molecular formula is C15H12ClN3O4S. The van der Waals surface area contributed by atoms with Gasteiger partial charge in [0, 0.05) is 17.1 Å². The molecule has 0 saturated carbocycles. The molecule has 1 aromatic carbocycles. The van der Waals surface area contributed by atoms with Gasteiger partial charge in [-0.1, -0.05) is 29.8 Å². The van der Waals surface area contributed by atoms with Crippen LogP contribution in [-0.2, 0) is 10.0 Å². The van der Waals surface area contributed by atoms with Crippen molar-refractivity contribution >= 4 is 38.5 Å². The van der Waals surface area contributed by atoms with Crippen molar-refractivity contribution in [3.8, 4) is 0 Å². The van der Waals surface area contributed by atoms with E-state index in [4.69, 9.17) is 16.0 Å². The van der Waals surface area contributed by atoms with E-state index in [2.05, 4.69) is 10.4 Å². The quantitative estimate of drug-likeness (QED) is 0.546. The number of sulfonamides is 1. The lowest BCUT2D eigenvalue weighted by atomic mass is 10.1. The minimum atomic E-state index is -4.05. The van der Waals surface area contributed by atoms with Gasteiger partial charge < -0.3 is 4.42 Å². The summed E-state index contributed by atoms with van der Waals surface area (Å²) in [5.41, 5.74) is 3.26. The van der Waals surface area contributed by atoms with Crippen LogP contribution in [0.3, 0.4) is 0 Å². The number of hydrazine groups is 1. The molecule has 0 radical (unpaired) electrons. The maximum atomic E-state index is 12.2. The zero-order chi connectivity index (χ0) is 17.3. The molecule has 0 fully saturated rings. The van der Waals surface area contributed by atoms with Crippen LogP contribution in [0.5, 0.6) is 0 Å². The van der Waals surface area contributed by atoms with Gasteiger partial charge in [-0.2, -0.15) is 0 Å². The van der Waals surface area contributed by atoms with E-state index < -0.39 is 15.9 Å². The number of carbonyl (C=O) groups excluding carboxylic acids is 1. The van der Waals surface area contributed by atoms with E-state index in [1.807, 2.05) is 17.0 Å². The summed E-state index contributed by atoms with van der Waals surface area (Å²) in [5.74, 6) is -0.691. The van der Waals surface area contributed by atoms with Gasteiger partial charge in [0.15, 0.2) is 5.76 Å². The second-order valence-corrected chi connectivity index (χ2v) is 6.91. The van der Waals surface area contributed by atoms with Gasteiger partial charge in [-0.25, -0.2) is 13.4 Å². The number of hydrogen-bond acceptors (Lipinski definition) is 5. The van der Waals surface area contributed by atoms with Gasteiger partial charge >= 0.3 is 5.91 Å². The predicted molar refractivity (Wildman–Crippen MR) is 88.0 cm³/mol. The lowest BCUT2D eigenvalue weighted by Crippen LogP contribution is -2.41. The van der Waals surface area contributed by atoms with Crippen LogP contribution in [0, 0.1) is 6.92 Å². The molecule has 0 bridgehead atoms. The van der Waals surface area contributed by atoms with Crippen LogP contribution in [0.1, 0.15) is 16.1 Å². The topological polar surface area (TPSA) is 101 Å². The van der Waals surface area contributed by atoms with Gasteiger partial charge in [0.1, 0.15) is 15.6 Å². The van der Waals surface area contributed by atoms with E-state index in [-0.39, 0.29) is 15.8 Å². The van der Waals surface area contributed by atoms with Crippen molar-refractivity contribution in [2.24, 2.45) is 0 Å². The third-order valence-corrected chi connectivity index (χ3v) is 5.06. The Kier molecular flexibility index (Phi) is 4.27. The molecule has 0 unspecified atom stereocenters. The Hall–Kier alpha value is -2.42. The highest BCUT2D eigenvalue weighted by Crippen LogP contribution is 2.24. The average molecular weight is 366 g/mol. The number of amides is 1. The number of carbonyl (C=O) groups is 1. The Labute approximate surface area is 142 Å². The third-order valence-electron chi connectivity index (χ3n) is 3.36. The molecule has 2 aromatic heterocycles. The van der Waals surface area contributed by atoms with E-state index in [1.165, 1.54) is 18.3 Å². The number of aromatic nitrogens is 1. The fourth-order valence-electron chi connectivity index (χ4n) is 2.19. The Balaban J connectivity index is 1.82. The maximum Gasteiger partial charge on any atom is 0.302 e. The van der Waals surface area contributed by atoms with Crippen molar-refractivity contribution in [3.63, 3.8) is 0 Å². The van der Waals surface area contributed by atoms with Crippen LogP contribution >= 0.6 is 11.6 Å². The summed E-state index contributed by atoms with van der Waals surface area (Å²) in [6.45, 7) is 1.72. The molecule has 0 aliphatic heterocycles. The Morgan fingerprint density at radius 3 is 2.67 bits per heavy atom. The highest BCUT2D eigenvalue weighted by atomic mass is 35.5. The molecule has 0 spiro atoms. The highest BCUT2D eigenvalue weighted by molar-refractivity contribution is 7.89. The maximum absolute atomic E-state index is 12.2. The van der Waals surface area contributed by atoms with Crippen LogP contribution in [0.2, 0.25) is 5.15 Å². The number of halogens is 1. The van der Waals surface area contributed by atoms with Crippen LogP contribution in [0.25, 0.3) is 11.0 Å². The molecule has 3 aromatic rings. The average Bonchev–Trinajstić information content (AvgIpc) is 2.90. The molecule has 2 N–H and O–H groups in total. The number of furan rings is 1. The van der Waals surface area contributed by atoms with Crippen LogP contribution in [-0.4, -0.2) is 19.3 Å². The first-order valence-electron chi connectivity index (χ1n) is 6.81. The molecule has 0 aliphatic carbocycles. The van der Waals surface area contributed by atoms with Crippen LogP contribution in [0.15, 0.2) is 51.9 Å². The molecule has 0 saturated heterocycles. The number of hydrogen-bond donors (Lipinski definition) is 2. The second-order valence-electron chi connectivity index (χ2n) is 4.90. The SMILES string of the molecule is Cc1c(C(=O)NNS(=O)(=O)c2cccnc2Cl)oc2ccccc12.